The number of nitrogens with two attached hydrogens (primary N) is 2. The van der Waals surface area contributed by atoms with Gasteiger partial charge >= 0.3 is 0 Å². The zero-order valence-electron chi connectivity index (χ0n) is 9.66. The molecule has 0 aliphatic carbocycles. The van der Waals surface area contributed by atoms with E-state index < -0.39 is 17.9 Å². The molecule has 0 unspecified atom stereocenters. The summed E-state index contributed by atoms with van der Waals surface area (Å²) < 4.78 is 0. The summed E-state index contributed by atoms with van der Waals surface area (Å²) >= 11 is 0. The Labute approximate surface area is 94.7 Å². The monoisotopic (exact) mass is 229 g/mol. The van der Waals surface area contributed by atoms with Gasteiger partial charge in [0.25, 0.3) is 0 Å². The Bertz CT molecular complexity index is 276. The van der Waals surface area contributed by atoms with Gasteiger partial charge in [-0.15, -0.1) is 0 Å². The maximum Gasteiger partial charge on any atom is 0.240 e. The van der Waals surface area contributed by atoms with Crippen LogP contribution in [0.5, 0.6) is 0 Å². The summed E-state index contributed by atoms with van der Waals surface area (Å²) in [6, 6.07) is -0.821. The van der Waals surface area contributed by atoms with Gasteiger partial charge in [0.05, 0.1) is 0 Å². The topological polar surface area (TPSA) is 115 Å². The standard InChI is InChI=1S/C10H19N3O3/c1-6(2)5-9(15)13-7(10(12)16)3-4-8(11)14/h6-7H,3-5H2,1-2H3,(H2,11,14)(H2,12,16)(H,13,15)/t7-/m0/s1. The number of hydrogen-bond acceptors (Lipinski definition) is 3. The first-order valence-electron chi connectivity index (χ1n) is 5.20. The van der Waals surface area contributed by atoms with Crippen LogP contribution in [0.4, 0.5) is 0 Å². The van der Waals surface area contributed by atoms with Gasteiger partial charge in [-0.05, 0) is 12.3 Å². The highest BCUT2D eigenvalue weighted by Gasteiger charge is 2.18. The van der Waals surface area contributed by atoms with E-state index in [1.165, 1.54) is 0 Å². The van der Waals surface area contributed by atoms with Crippen molar-refractivity contribution in [3.05, 3.63) is 0 Å². The van der Waals surface area contributed by atoms with Crippen molar-refractivity contribution in [2.24, 2.45) is 17.4 Å². The van der Waals surface area contributed by atoms with Crippen LogP contribution < -0.4 is 16.8 Å². The van der Waals surface area contributed by atoms with E-state index in [-0.39, 0.29) is 24.7 Å². The fraction of sp³-hybridized carbons (Fsp3) is 0.700. The quantitative estimate of drug-likeness (QED) is 0.534. The minimum atomic E-state index is -0.821. The summed E-state index contributed by atoms with van der Waals surface area (Å²) in [6.07, 6.45) is 0.490. The van der Waals surface area contributed by atoms with Crippen molar-refractivity contribution in [1.29, 1.82) is 0 Å². The fourth-order valence-electron chi connectivity index (χ4n) is 1.20. The van der Waals surface area contributed by atoms with Crippen molar-refractivity contribution in [3.63, 3.8) is 0 Å². The molecule has 0 spiro atoms. The summed E-state index contributed by atoms with van der Waals surface area (Å²) in [5.74, 6) is -1.23. The Hall–Kier alpha value is -1.59. The summed E-state index contributed by atoms with van der Waals surface area (Å²) in [5, 5.41) is 2.48. The smallest absolute Gasteiger partial charge is 0.240 e. The van der Waals surface area contributed by atoms with Gasteiger partial charge in [0.1, 0.15) is 6.04 Å². The van der Waals surface area contributed by atoms with Crippen LogP contribution in [-0.4, -0.2) is 23.8 Å². The molecule has 0 fully saturated rings. The number of rotatable bonds is 7. The number of amides is 3. The third kappa shape index (κ3) is 6.80. The Morgan fingerprint density at radius 3 is 2.12 bits per heavy atom. The fourth-order valence-corrected chi connectivity index (χ4v) is 1.20. The number of primary amides is 2. The molecule has 5 N–H and O–H groups in total. The van der Waals surface area contributed by atoms with Crippen molar-refractivity contribution >= 4 is 17.7 Å². The van der Waals surface area contributed by atoms with Crippen molar-refractivity contribution in [3.8, 4) is 0 Å². The molecular formula is C10H19N3O3. The average molecular weight is 229 g/mol. The molecule has 0 aromatic rings. The van der Waals surface area contributed by atoms with E-state index in [9.17, 15) is 14.4 Å². The largest absolute Gasteiger partial charge is 0.370 e. The molecule has 0 aromatic heterocycles. The van der Waals surface area contributed by atoms with Crippen LogP contribution in [0.2, 0.25) is 0 Å². The second kappa shape index (κ2) is 6.81. The van der Waals surface area contributed by atoms with Crippen molar-refractivity contribution in [1.82, 2.24) is 5.32 Å². The molecule has 0 aromatic carbocycles. The molecule has 16 heavy (non-hydrogen) atoms. The van der Waals surface area contributed by atoms with Gasteiger partial charge < -0.3 is 16.8 Å². The SMILES string of the molecule is CC(C)CC(=O)N[C@@H](CCC(N)=O)C(N)=O. The lowest BCUT2D eigenvalue weighted by Gasteiger charge is -2.15. The van der Waals surface area contributed by atoms with E-state index in [2.05, 4.69) is 5.32 Å². The van der Waals surface area contributed by atoms with Crippen molar-refractivity contribution in [2.45, 2.75) is 39.2 Å². The van der Waals surface area contributed by atoms with E-state index in [4.69, 9.17) is 11.5 Å². The molecule has 0 heterocycles. The predicted octanol–water partition coefficient (Wildman–Crippen LogP) is -0.732. The van der Waals surface area contributed by atoms with Gasteiger partial charge in [-0.2, -0.15) is 0 Å². The average Bonchev–Trinajstić information content (AvgIpc) is 2.09. The molecule has 0 aliphatic heterocycles. The zero-order chi connectivity index (χ0) is 12.7. The molecule has 6 heteroatoms. The Morgan fingerprint density at radius 1 is 1.19 bits per heavy atom. The lowest BCUT2D eigenvalue weighted by Crippen LogP contribution is -2.45. The summed E-state index contributed by atoms with van der Waals surface area (Å²) in [6.45, 7) is 3.78. The molecule has 0 aliphatic rings. The van der Waals surface area contributed by atoms with Crippen LogP contribution in [0.1, 0.15) is 33.1 Å². The third-order valence-electron chi connectivity index (χ3n) is 1.95. The number of carbonyl (C=O) groups excluding carboxylic acids is 3. The maximum absolute atomic E-state index is 11.4. The van der Waals surface area contributed by atoms with Crippen LogP contribution in [-0.2, 0) is 14.4 Å². The lowest BCUT2D eigenvalue weighted by molar-refractivity contribution is -0.128. The van der Waals surface area contributed by atoms with Gasteiger partial charge in [-0.3, -0.25) is 14.4 Å². The van der Waals surface area contributed by atoms with E-state index in [0.29, 0.717) is 6.42 Å². The van der Waals surface area contributed by atoms with Gasteiger partial charge in [0, 0.05) is 12.8 Å². The molecule has 0 bridgehead atoms. The van der Waals surface area contributed by atoms with Crippen molar-refractivity contribution < 1.29 is 14.4 Å². The highest BCUT2D eigenvalue weighted by Crippen LogP contribution is 2.01. The first kappa shape index (κ1) is 14.4. The normalized spacial score (nSPS) is 12.2. The molecule has 6 nitrogen and oxygen atoms in total. The molecule has 0 saturated carbocycles. The van der Waals surface area contributed by atoms with Gasteiger partial charge in [-0.25, -0.2) is 0 Å². The Balaban J connectivity index is 4.17. The van der Waals surface area contributed by atoms with Gasteiger partial charge in [0.2, 0.25) is 17.7 Å². The molecule has 0 rings (SSSR count). The van der Waals surface area contributed by atoms with E-state index in [0.717, 1.165) is 0 Å². The Kier molecular flexibility index (Phi) is 6.14. The summed E-state index contributed by atoms with van der Waals surface area (Å²) in [7, 11) is 0. The number of hydrogen-bond donors (Lipinski definition) is 3. The van der Waals surface area contributed by atoms with Crippen LogP contribution in [0.3, 0.4) is 0 Å². The molecule has 0 saturated heterocycles. The second-order valence-corrected chi connectivity index (χ2v) is 4.13. The third-order valence-corrected chi connectivity index (χ3v) is 1.95. The van der Waals surface area contributed by atoms with Gasteiger partial charge in [0.15, 0.2) is 0 Å². The van der Waals surface area contributed by atoms with E-state index in [1.54, 1.807) is 0 Å². The summed E-state index contributed by atoms with van der Waals surface area (Å²) in [4.78, 5) is 32.9. The number of carbonyl (C=O) groups is 3. The first-order chi connectivity index (χ1) is 7.32. The minimum absolute atomic E-state index is 0.0234. The van der Waals surface area contributed by atoms with Crippen LogP contribution >= 0.6 is 0 Å². The van der Waals surface area contributed by atoms with Crippen LogP contribution in [0.15, 0.2) is 0 Å². The molecule has 92 valence electrons. The van der Waals surface area contributed by atoms with Gasteiger partial charge in [-0.1, -0.05) is 13.8 Å². The number of nitrogens with one attached hydrogen (secondary N) is 1. The molecule has 1 atom stereocenters. The first-order valence-corrected chi connectivity index (χ1v) is 5.20. The predicted molar refractivity (Wildman–Crippen MR) is 59.0 cm³/mol. The second-order valence-electron chi connectivity index (χ2n) is 4.13. The highest BCUT2D eigenvalue weighted by atomic mass is 16.2. The molecular weight excluding hydrogens is 210 g/mol. The van der Waals surface area contributed by atoms with E-state index >= 15 is 0 Å². The minimum Gasteiger partial charge on any atom is -0.370 e. The van der Waals surface area contributed by atoms with Crippen LogP contribution in [0.25, 0.3) is 0 Å². The zero-order valence-corrected chi connectivity index (χ0v) is 9.66. The molecule has 3 amide bonds. The Morgan fingerprint density at radius 2 is 1.75 bits per heavy atom. The maximum atomic E-state index is 11.4. The van der Waals surface area contributed by atoms with E-state index in [1.807, 2.05) is 13.8 Å². The highest BCUT2D eigenvalue weighted by molar-refractivity contribution is 5.87. The van der Waals surface area contributed by atoms with Crippen LogP contribution in [0, 0.1) is 5.92 Å². The summed E-state index contributed by atoms with van der Waals surface area (Å²) in [5.41, 5.74) is 10.0. The lowest BCUT2D eigenvalue weighted by atomic mass is 10.1. The molecule has 0 radical (unpaired) electrons. The van der Waals surface area contributed by atoms with Crippen molar-refractivity contribution in [2.75, 3.05) is 0 Å².